The summed E-state index contributed by atoms with van der Waals surface area (Å²) >= 11 is 6.09. The molecule has 1 aromatic carbocycles. The lowest BCUT2D eigenvalue weighted by atomic mass is 9.98. The number of phosphoric acid groups is 1. The van der Waals surface area contributed by atoms with Crippen molar-refractivity contribution >= 4 is 42.5 Å². The predicted molar refractivity (Wildman–Crippen MR) is 139 cm³/mol. The van der Waals surface area contributed by atoms with Crippen molar-refractivity contribution < 1.29 is 41.5 Å². The number of rotatable bonds is 8. The Kier molecular flexibility index (Phi) is 8.01. The molecule has 3 aromatic rings. The van der Waals surface area contributed by atoms with Gasteiger partial charge in [-0.15, -0.1) is 0 Å². The van der Waals surface area contributed by atoms with E-state index in [2.05, 4.69) is 15.0 Å². The third-order valence-corrected chi connectivity index (χ3v) is 8.14. The summed E-state index contributed by atoms with van der Waals surface area (Å²) in [5.74, 6) is -0.748. The van der Waals surface area contributed by atoms with Gasteiger partial charge in [-0.05, 0) is 31.5 Å². The Balaban J connectivity index is 1.40. The van der Waals surface area contributed by atoms with E-state index in [-0.39, 0.29) is 36.2 Å². The molecule has 2 aromatic heterocycles. The first kappa shape index (κ1) is 28.7. The maximum atomic E-state index is 16.5. The van der Waals surface area contributed by atoms with Crippen molar-refractivity contribution in [2.75, 3.05) is 25.6 Å². The summed E-state index contributed by atoms with van der Waals surface area (Å²) in [5.41, 5.74) is 4.52. The average Bonchev–Trinajstić information content (AvgIpc) is 3.41. The van der Waals surface area contributed by atoms with Crippen LogP contribution in [0.5, 0.6) is 5.88 Å². The fourth-order valence-electron chi connectivity index (χ4n) is 4.73. The highest BCUT2D eigenvalue weighted by molar-refractivity contribution is 7.48. The summed E-state index contributed by atoms with van der Waals surface area (Å²) in [5, 5.41) is 0.493. The minimum Gasteiger partial charge on any atom is -0.476 e. The molecule has 2 aliphatic rings. The Morgan fingerprint density at radius 3 is 2.90 bits per heavy atom. The van der Waals surface area contributed by atoms with E-state index in [9.17, 15) is 9.36 Å². The number of carbonyl (C=O) groups excluding carboxylic acids is 1. The van der Waals surface area contributed by atoms with Crippen LogP contribution in [0.15, 0.2) is 30.6 Å². The number of nitrogens with zero attached hydrogens (tertiary/aromatic N) is 4. The van der Waals surface area contributed by atoms with Gasteiger partial charge in [-0.25, -0.2) is 13.9 Å². The van der Waals surface area contributed by atoms with Gasteiger partial charge in [0, 0.05) is 18.4 Å². The van der Waals surface area contributed by atoms with Gasteiger partial charge in [-0.1, -0.05) is 23.7 Å². The van der Waals surface area contributed by atoms with Crippen LogP contribution in [0.25, 0.3) is 11.2 Å². The van der Waals surface area contributed by atoms with E-state index in [1.54, 1.807) is 31.2 Å². The first-order chi connectivity index (χ1) is 19.0. The number of phosphoric ester groups is 1. The Morgan fingerprint density at radius 1 is 1.38 bits per heavy atom. The van der Waals surface area contributed by atoms with Crippen molar-refractivity contribution in [3.63, 3.8) is 0 Å². The number of nitrogens with two attached hydrogens (primary N) is 1. The Morgan fingerprint density at radius 2 is 2.17 bits per heavy atom. The number of alkyl halides is 1. The number of ether oxygens (including phenoxy) is 3. The molecule has 0 aliphatic carbocycles. The number of aromatic nitrogens is 4. The van der Waals surface area contributed by atoms with Gasteiger partial charge >= 0.3 is 13.8 Å². The highest BCUT2D eigenvalue weighted by Gasteiger charge is 2.58. The molecule has 16 heteroatoms. The van der Waals surface area contributed by atoms with Crippen LogP contribution in [0.4, 0.5) is 10.3 Å². The van der Waals surface area contributed by atoms with Crippen molar-refractivity contribution in [2.45, 2.75) is 57.4 Å². The van der Waals surface area contributed by atoms with Crippen LogP contribution >= 0.6 is 19.4 Å². The predicted octanol–water partition coefficient (Wildman–Crippen LogP) is 4.32. The molecule has 2 fully saturated rings. The van der Waals surface area contributed by atoms with Gasteiger partial charge in [0.25, 0.3) is 0 Å². The molecule has 2 N–H and O–H groups in total. The minimum absolute atomic E-state index is 0.0751. The van der Waals surface area contributed by atoms with E-state index in [0.29, 0.717) is 17.0 Å². The first-order valence-electron chi connectivity index (χ1n) is 12.5. The number of anilines is 1. The van der Waals surface area contributed by atoms with Crippen LogP contribution in [0, 0.1) is 0 Å². The minimum atomic E-state index is -4.11. The van der Waals surface area contributed by atoms with Crippen molar-refractivity contribution in [3.05, 3.63) is 41.2 Å². The van der Waals surface area contributed by atoms with Crippen LogP contribution in [0.2, 0.25) is 5.02 Å². The second-order valence-corrected chi connectivity index (χ2v) is 11.4. The molecule has 0 amide bonds. The number of imidazole rings is 1. The van der Waals surface area contributed by atoms with Crippen LogP contribution in [0.3, 0.4) is 0 Å². The number of benzene rings is 1. The lowest BCUT2D eigenvalue weighted by Crippen LogP contribution is -2.43. The molecule has 2 aliphatic heterocycles. The molecule has 0 spiro atoms. The van der Waals surface area contributed by atoms with E-state index in [0.717, 1.165) is 6.92 Å². The third-order valence-electron chi connectivity index (χ3n) is 6.42. The molecule has 216 valence electrons. The Bertz CT molecular complexity index is 1460. The average molecular weight is 600 g/mol. The molecule has 4 heterocycles. The van der Waals surface area contributed by atoms with E-state index < -0.39 is 50.6 Å². The van der Waals surface area contributed by atoms with Crippen LogP contribution in [-0.4, -0.2) is 63.2 Å². The summed E-state index contributed by atoms with van der Waals surface area (Å²) < 4.78 is 64.7. The standard InChI is InChI=1S/C24H28ClFN5O8P/c1-4-34-21-18-20(29-23(27)30-21)28-12-31(18)22-24(3,26)19(37-13(2)32)17(38-22)11-36-40(33)35-9-8-16(39-40)14-6-5-7-15(25)10-14/h5-7,10,12,16-17,19,22H,4,8-9,11H2,1-3H3,(H2,27,29,30)/t16-,17+,19+,22+,24+,40+/m0/s1. The maximum absolute atomic E-state index is 16.5. The van der Waals surface area contributed by atoms with Crippen molar-refractivity contribution in [3.8, 4) is 5.88 Å². The lowest BCUT2D eigenvalue weighted by molar-refractivity contribution is -0.155. The van der Waals surface area contributed by atoms with Gasteiger partial charge in [0.15, 0.2) is 29.2 Å². The van der Waals surface area contributed by atoms with Gasteiger partial charge in [0.05, 0.1) is 25.9 Å². The van der Waals surface area contributed by atoms with Crippen LogP contribution in [-0.2, 0) is 32.4 Å². The molecule has 0 unspecified atom stereocenters. The van der Waals surface area contributed by atoms with Crippen molar-refractivity contribution in [1.29, 1.82) is 0 Å². The van der Waals surface area contributed by atoms with Gasteiger partial charge in [-0.3, -0.25) is 22.9 Å². The molecule has 40 heavy (non-hydrogen) atoms. The first-order valence-corrected chi connectivity index (χ1v) is 14.3. The fraction of sp³-hybridized carbons (Fsp3) is 0.500. The molecule has 0 saturated carbocycles. The van der Waals surface area contributed by atoms with Crippen LogP contribution < -0.4 is 10.5 Å². The molecule has 5 rings (SSSR count). The number of nitrogen functional groups attached to an aromatic ring is 1. The number of halogens is 2. The highest BCUT2D eigenvalue weighted by atomic mass is 35.5. The number of carbonyl (C=O) groups is 1. The fourth-order valence-corrected chi connectivity index (χ4v) is 6.32. The zero-order chi connectivity index (χ0) is 28.7. The summed E-state index contributed by atoms with van der Waals surface area (Å²) in [7, 11) is -4.11. The van der Waals surface area contributed by atoms with E-state index in [4.69, 9.17) is 45.1 Å². The van der Waals surface area contributed by atoms with E-state index in [1.165, 1.54) is 17.8 Å². The third kappa shape index (κ3) is 5.65. The van der Waals surface area contributed by atoms with Crippen LogP contribution in [0.1, 0.15) is 45.1 Å². The zero-order valence-electron chi connectivity index (χ0n) is 21.9. The summed E-state index contributed by atoms with van der Waals surface area (Å²) in [6, 6.07) is 6.93. The van der Waals surface area contributed by atoms with Crippen molar-refractivity contribution in [2.24, 2.45) is 0 Å². The molecular weight excluding hydrogens is 572 g/mol. The molecular formula is C24H28ClFN5O8P. The molecule has 6 atom stereocenters. The monoisotopic (exact) mass is 599 g/mol. The molecule has 13 nitrogen and oxygen atoms in total. The van der Waals surface area contributed by atoms with E-state index in [1.807, 2.05) is 0 Å². The molecule has 0 bridgehead atoms. The topological polar surface area (TPSA) is 159 Å². The van der Waals surface area contributed by atoms with Crippen molar-refractivity contribution in [1.82, 2.24) is 19.5 Å². The Labute approximate surface area is 233 Å². The highest BCUT2D eigenvalue weighted by Crippen LogP contribution is 2.58. The summed E-state index contributed by atoms with van der Waals surface area (Å²) in [6.07, 6.45) is -2.96. The van der Waals surface area contributed by atoms with Gasteiger partial charge in [-0.2, -0.15) is 9.97 Å². The second kappa shape index (κ2) is 11.2. The number of fused-ring (bicyclic) bond motifs is 1. The van der Waals surface area contributed by atoms with E-state index >= 15 is 4.39 Å². The SMILES string of the molecule is CCOc1nc(N)nc2ncn([C@@H]3O[C@H](CO[P@@]4(=O)OCC[C@@H](c5cccc(Cl)c5)O4)[C@@H](OC(C)=O)[C@@]3(C)F)c12. The van der Waals surface area contributed by atoms with Gasteiger partial charge < -0.3 is 19.9 Å². The number of esters is 1. The smallest absolute Gasteiger partial charge is 0.475 e. The largest absolute Gasteiger partial charge is 0.476 e. The quantitative estimate of drug-likeness (QED) is 0.289. The number of hydrogen-bond donors (Lipinski definition) is 1. The van der Waals surface area contributed by atoms with Gasteiger partial charge in [0.2, 0.25) is 11.8 Å². The zero-order valence-corrected chi connectivity index (χ0v) is 23.5. The molecule has 0 radical (unpaired) electrons. The normalized spacial score (nSPS) is 30.4. The molecule has 2 saturated heterocycles. The number of hydrogen-bond acceptors (Lipinski definition) is 12. The lowest BCUT2D eigenvalue weighted by Gasteiger charge is -2.30. The summed E-state index contributed by atoms with van der Waals surface area (Å²) in [4.78, 5) is 24.3. The maximum Gasteiger partial charge on any atom is 0.475 e. The van der Waals surface area contributed by atoms with Gasteiger partial charge in [0.1, 0.15) is 12.4 Å². The second-order valence-electron chi connectivity index (χ2n) is 9.37. The Hall–Kier alpha value is -2.87. The summed E-state index contributed by atoms with van der Waals surface area (Å²) in [6.45, 7) is 3.94.